The summed E-state index contributed by atoms with van der Waals surface area (Å²) in [4.78, 5) is 23.4. The number of rotatable bonds is 5. The lowest BCUT2D eigenvalue weighted by molar-refractivity contribution is -0.385. The largest absolute Gasteiger partial charge is 0.497 e. The number of halogens is 1. The summed E-state index contributed by atoms with van der Waals surface area (Å²) in [5.74, 6) is 0.296. The van der Waals surface area contributed by atoms with Crippen molar-refractivity contribution < 1.29 is 19.2 Å². The third-order valence-corrected chi connectivity index (χ3v) is 5.35. The second-order valence-corrected chi connectivity index (χ2v) is 6.64. The van der Waals surface area contributed by atoms with Gasteiger partial charge in [0.1, 0.15) is 10.6 Å². The van der Waals surface area contributed by atoms with Crippen LogP contribution in [0, 0.1) is 10.1 Å². The Hall–Kier alpha value is -2.84. The first-order valence-corrected chi connectivity index (χ1v) is 8.54. The minimum absolute atomic E-state index is 0.111. The zero-order valence-electron chi connectivity index (χ0n) is 13.7. The van der Waals surface area contributed by atoms with Crippen LogP contribution in [0.15, 0.2) is 36.4 Å². The maximum Gasteiger partial charge on any atom is 0.312 e. The monoisotopic (exact) mass is 392 g/mol. The van der Waals surface area contributed by atoms with Gasteiger partial charge in [-0.3, -0.25) is 14.9 Å². The van der Waals surface area contributed by atoms with Crippen LogP contribution in [-0.2, 0) is 0 Å². The molecule has 3 rings (SSSR count). The number of thiophene rings is 1. The lowest BCUT2D eigenvalue weighted by Crippen LogP contribution is -2.11. The summed E-state index contributed by atoms with van der Waals surface area (Å²) in [7, 11) is 2.89. The van der Waals surface area contributed by atoms with Gasteiger partial charge in [-0.1, -0.05) is 11.6 Å². The van der Waals surface area contributed by atoms with Crippen molar-refractivity contribution >= 4 is 50.3 Å². The molecule has 1 aromatic heterocycles. The van der Waals surface area contributed by atoms with Crippen LogP contribution < -0.4 is 14.8 Å². The maximum absolute atomic E-state index is 12.6. The Morgan fingerprint density at radius 3 is 2.62 bits per heavy atom. The van der Waals surface area contributed by atoms with E-state index in [1.165, 1.54) is 36.6 Å². The first-order chi connectivity index (χ1) is 12.4. The Labute approximate surface area is 157 Å². The number of anilines is 1. The molecule has 134 valence electrons. The molecule has 0 saturated carbocycles. The van der Waals surface area contributed by atoms with Gasteiger partial charge in [0.25, 0.3) is 5.91 Å². The molecular formula is C17H13ClN2O5S. The highest BCUT2D eigenvalue weighted by atomic mass is 35.5. The number of hydrogen-bond acceptors (Lipinski definition) is 6. The number of methoxy groups -OCH3 is 2. The van der Waals surface area contributed by atoms with Crippen LogP contribution in [-0.4, -0.2) is 25.1 Å². The van der Waals surface area contributed by atoms with Gasteiger partial charge in [0.15, 0.2) is 5.75 Å². The fraction of sp³-hybridized carbons (Fsp3) is 0.118. The first kappa shape index (κ1) is 18.0. The Morgan fingerprint density at radius 2 is 1.96 bits per heavy atom. The van der Waals surface area contributed by atoms with E-state index in [0.717, 1.165) is 4.70 Å². The molecule has 0 radical (unpaired) electrons. The smallest absolute Gasteiger partial charge is 0.312 e. The molecule has 1 amide bonds. The molecule has 0 bridgehead atoms. The topological polar surface area (TPSA) is 90.7 Å². The van der Waals surface area contributed by atoms with Crippen molar-refractivity contribution in [3.05, 3.63) is 56.4 Å². The summed E-state index contributed by atoms with van der Waals surface area (Å²) in [5, 5.41) is 14.8. The predicted octanol–water partition coefficient (Wildman–Crippen LogP) is 4.73. The van der Waals surface area contributed by atoms with E-state index in [9.17, 15) is 14.9 Å². The van der Waals surface area contributed by atoms with Gasteiger partial charge < -0.3 is 14.8 Å². The van der Waals surface area contributed by atoms with Crippen LogP contribution in [0.25, 0.3) is 10.1 Å². The zero-order valence-corrected chi connectivity index (χ0v) is 15.3. The highest BCUT2D eigenvalue weighted by molar-refractivity contribution is 7.21. The summed E-state index contributed by atoms with van der Waals surface area (Å²) in [6.45, 7) is 0. The molecule has 7 nitrogen and oxygen atoms in total. The van der Waals surface area contributed by atoms with Crippen molar-refractivity contribution in [2.45, 2.75) is 0 Å². The SMILES string of the molecule is COc1ccc2sc(C(=O)Nc3ccc(OC)c([N+](=O)[O-])c3)c(Cl)c2c1. The second-order valence-electron chi connectivity index (χ2n) is 5.21. The zero-order chi connectivity index (χ0) is 18.8. The van der Waals surface area contributed by atoms with Crippen molar-refractivity contribution in [3.63, 3.8) is 0 Å². The lowest BCUT2D eigenvalue weighted by Gasteiger charge is -2.06. The number of carbonyl (C=O) groups excluding carboxylic acids is 1. The van der Waals surface area contributed by atoms with Gasteiger partial charge in [-0.25, -0.2) is 0 Å². The van der Waals surface area contributed by atoms with Crippen LogP contribution >= 0.6 is 22.9 Å². The van der Waals surface area contributed by atoms with E-state index in [0.29, 0.717) is 21.0 Å². The van der Waals surface area contributed by atoms with Crippen LogP contribution in [0.3, 0.4) is 0 Å². The van der Waals surface area contributed by atoms with Crippen LogP contribution in [0.2, 0.25) is 5.02 Å². The van der Waals surface area contributed by atoms with Gasteiger partial charge in [-0.05, 0) is 30.3 Å². The highest BCUT2D eigenvalue weighted by Gasteiger charge is 2.20. The highest BCUT2D eigenvalue weighted by Crippen LogP contribution is 2.38. The van der Waals surface area contributed by atoms with Crippen molar-refractivity contribution in [1.82, 2.24) is 0 Å². The standard InChI is InChI=1S/C17H13ClN2O5S/c1-24-10-4-6-14-11(8-10)15(18)16(26-14)17(21)19-9-3-5-13(25-2)12(7-9)20(22)23/h3-8H,1-2H3,(H,19,21). The van der Waals surface area contributed by atoms with Gasteiger partial charge in [-0.2, -0.15) is 0 Å². The predicted molar refractivity (Wildman–Crippen MR) is 101 cm³/mol. The van der Waals surface area contributed by atoms with Gasteiger partial charge in [-0.15, -0.1) is 11.3 Å². The number of benzene rings is 2. The first-order valence-electron chi connectivity index (χ1n) is 7.34. The Balaban J connectivity index is 1.93. The van der Waals surface area contributed by atoms with Gasteiger partial charge >= 0.3 is 5.69 Å². The van der Waals surface area contributed by atoms with E-state index in [-0.39, 0.29) is 17.1 Å². The number of nitro benzene ring substituents is 1. The van der Waals surface area contributed by atoms with E-state index in [4.69, 9.17) is 21.1 Å². The van der Waals surface area contributed by atoms with E-state index in [2.05, 4.69) is 5.32 Å². The Morgan fingerprint density at radius 1 is 1.19 bits per heavy atom. The summed E-state index contributed by atoms with van der Waals surface area (Å²) in [5.41, 5.74) is 0.0334. The Kier molecular flexibility index (Phi) is 4.97. The molecule has 0 aliphatic rings. The van der Waals surface area contributed by atoms with E-state index in [1.54, 1.807) is 19.2 Å². The maximum atomic E-state index is 12.6. The third-order valence-electron chi connectivity index (χ3n) is 3.67. The number of fused-ring (bicyclic) bond motifs is 1. The van der Waals surface area contributed by atoms with Gasteiger partial charge in [0.05, 0.1) is 24.2 Å². The van der Waals surface area contributed by atoms with E-state index >= 15 is 0 Å². The molecule has 26 heavy (non-hydrogen) atoms. The van der Waals surface area contributed by atoms with Crippen molar-refractivity contribution in [3.8, 4) is 11.5 Å². The van der Waals surface area contributed by atoms with Crippen molar-refractivity contribution in [2.75, 3.05) is 19.5 Å². The second kappa shape index (κ2) is 7.19. The molecule has 0 atom stereocenters. The summed E-state index contributed by atoms with van der Waals surface area (Å²) >= 11 is 7.57. The number of nitrogens with zero attached hydrogens (tertiary/aromatic N) is 1. The van der Waals surface area contributed by atoms with Crippen LogP contribution in [0.4, 0.5) is 11.4 Å². The minimum Gasteiger partial charge on any atom is -0.497 e. The molecule has 1 N–H and O–H groups in total. The van der Waals surface area contributed by atoms with E-state index in [1.807, 2.05) is 6.07 Å². The van der Waals surface area contributed by atoms with Crippen molar-refractivity contribution in [1.29, 1.82) is 0 Å². The molecule has 0 spiro atoms. The molecule has 0 aliphatic carbocycles. The molecule has 2 aromatic carbocycles. The van der Waals surface area contributed by atoms with Crippen molar-refractivity contribution in [2.24, 2.45) is 0 Å². The lowest BCUT2D eigenvalue weighted by atomic mass is 10.2. The molecule has 0 aliphatic heterocycles. The number of nitro groups is 1. The fourth-order valence-electron chi connectivity index (χ4n) is 2.42. The molecule has 9 heteroatoms. The number of amides is 1. The molecule has 0 saturated heterocycles. The summed E-state index contributed by atoms with van der Waals surface area (Å²) in [6, 6.07) is 9.53. The molecule has 0 unspecified atom stereocenters. The quantitative estimate of drug-likeness (QED) is 0.500. The Bertz CT molecular complexity index is 1020. The average Bonchev–Trinajstić information content (AvgIpc) is 2.97. The number of nitrogens with one attached hydrogen (secondary N) is 1. The molecule has 3 aromatic rings. The van der Waals surface area contributed by atoms with Gasteiger partial charge in [0, 0.05) is 21.8 Å². The van der Waals surface area contributed by atoms with Crippen LogP contribution in [0.1, 0.15) is 9.67 Å². The van der Waals surface area contributed by atoms with Gasteiger partial charge in [0.2, 0.25) is 0 Å². The molecule has 1 heterocycles. The normalized spacial score (nSPS) is 10.6. The fourth-order valence-corrected chi connectivity index (χ4v) is 3.80. The number of ether oxygens (including phenoxy) is 2. The van der Waals surface area contributed by atoms with Crippen LogP contribution in [0.5, 0.6) is 11.5 Å². The number of hydrogen-bond donors (Lipinski definition) is 1. The average molecular weight is 393 g/mol. The third kappa shape index (κ3) is 3.29. The molecular weight excluding hydrogens is 380 g/mol. The molecule has 0 fully saturated rings. The number of carbonyl (C=O) groups is 1. The minimum atomic E-state index is -0.576. The summed E-state index contributed by atoms with van der Waals surface area (Å²) in [6.07, 6.45) is 0. The summed E-state index contributed by atoms with van der Waals surface area (Å²) < 4.78 is 11.0. The van der Waals surface area contributed by atoms with E-state index < -0.39 is 10.8 Å².